The number of nitrogens with zero attached hydrogens (tertiary/aromatic N) is 2. The molecule has 0 saturated carbocycles. The van der Waals surface area contributed by atoms with Gasteiger partial charge in [-0.05, 0) is 13.0 Å². The number of hydrogen-bond acceptors (Lipinski definition) is 2. The van der Waals surface area contributed by atoms with Crippen LogP contribution in [0.15, 0.2) is 21.9 Å². The van der Waals surface area contributed by atoms with E-state index >= 15 is 0 Å². The average Bonchev–Trinajstić information content (AvgIpc) is 2.64. The second-order valence-corrected chi connectivity index (χ2v) is 3.13. The monoisotopic (exact) mass is 193 g/mol. The lowest BCUT2D eigenvalue weighted by Crippen LogP contribution is -2.37. The predicted molar refractivity (Wildman–Crippen MR) is 53.5 cm³/mol. The van der Waals surface area contributed by atoms with E-state index in [2.05, 4.69) is 4.98 Å². The normalized spacial score (nSPS) is 11.0. The number of rotatable bonds is 1. The number of H-pyrrole nitrogens is 1. The van der Waals surface area contributed by atoms with Gasteiger partial charge in [0.05, 0.1) is 5.39 Å². The van der Waals surface area contributed by atoms with Crippen LogP contribution in [-0.4, -0.2) is 14.1 Å². The highest BCUT2D eigenvalue weighted by Crippen LogP contribution is 2.03. The summed E-state index contributed by atoms with van der Waals surface area (Å²) < 4.78 is 2.66. The maximum Gasteiger partial charge on any atom is 0.332 e. The maximum absolute atomic E-state index is 11.6. The summed E-state index contributed by atoms with van der Waals surface area (Å²) in [5.41, 5.74) is 0.0593. The summed E-state index contributed by atoms with van der Waals surface area (Å²) >= 11 is 0. The molecule has 0 radical (unpaired) electrons. The molecule has 0 fully saturated rings. The van der Waals surface area contributed by atoms with Crippen molar-refractivity contribution in [2.24, 2.45) is 7.05 Å². The van der Waals surface area contributed by atoms with Crippen LogP contribution in [0, 0.1) is 0 Å². The van der Waals surface area contributed by atoms with E-state index in [1.807, 2.05) is 6.92 Å². The molecule has 74 valence electrons. The highest BCUT2D eigenvalue weighted by molar-refractivity contribution is 5.74. The van der Waals surface area contributed by atoms with E-state index < -0.39 is 0 Å². The molecule has 0 saturated heterocycles. The number of hydrogen-bond donors (Lipinski definition) is 1. The lowest BCUT2D eigenvalue weighted by molar-refractivity contribution is 0.653. The fourth-order valence-electron chi connectivity index (χ4n) is 1.59. The molecule has 14 heavy (non-hydrogen) atoms. The molecule has 0 aromatic carbocycles. The van der Waals surface area contributed by atoms with E-state index in [9.17, 15) is 9.59 Å². The van der Waals surface area contributed by atoms with E-state index in [1.165, 1.54) is 11.6 Å². The van der Waals surface area contributed by atoms with Crippen molar-refractivity contribution in [1.82, 2.24) is 14.1 Å². The summed E-state index contributed by atoms with van der Waals surface area (Å²) in [6, 6.07) is 1.68. The van der Waals surface area contributed by atoms with Gasteiger partial charge < -0.3 is 4.98 Å². The zero-order valence-electron chi connectivity index (χ0n) is 8.07. The molecule has 0 bridgehead atoms. The fourth-order valence-corrected chi connectivity index (χ4v) is 1.59. The molecule has 0 amide bonds. The molecule has 5 nitrogen and oxygen atoms in total. The van der Waals surface area contributed by atoms with Crippen LogP contribution in [0.2, 0.25) is 0 Å². The summed E-state index contributed by atoms with van der Waals surface area (Å²) in [5, 5.41) is 0.550. The zero-order chi connectivity index (χ0) is 10.3. The largest absolute Gasteiger partial charge is 0.347 e. The van der Waals surface area contributed by atoms with Gasteiger partial charge in [0.2, 0.25) is 0 Å². The first-order valence-corrected chi connectivity index (χ1v) is 4.43. The lowest BCUT2D eigenvalue weighted by Gasteiger charge is -2.05. The third-order valence-corrected chi connectivity index (χ3v) is 2.36. The van der Waals surface area contributed by atoms with Crippen LogP contribution in [0.3, 0.4) is 0 Å². The number of fused-ring (bicyclic) bond motifs is 1. The van der Waals surface area contributed by atoms with E-state index in [0.29, 0.717) is 17.6 Å². The van der Waals surface area contributed by atoms with Gasteiger partial charge in [-0.3, -0.25) is 13.9 Å². The number of aromatic amines is 1. The lowest BCUT2D eigenvalue weighted by atomic mass is 10.4. The SMILES string of the molecule is CCn1c(=O)n(C)c(=O)c2cc[nH]c21. The minimum absolute atomic E-state index is 0.254. The molecule has 2 heterocycles. The average molecular weight is 193 g/mol. The third kappa shape index (κ3) is 0.951. The van der Waals surface area contributed by atoms with Gasteiger partial charge >= 0.3 is 5.69 Å². The van der Waals surface area contributed by atoms with Gasteiger partial charge in [0.1, 0.15) is 5.65 Å². The van der Waals surface area contributed by atoms with Crippen LogP contribution in [0.1, 0.15) is 6.92 Å². The molecule has 5 heteroatoms. The van der Waals surface area contributed by atoms with Crippen molar-refractivity contribution in [3.05, 3.63) is 33.1 Å². The summed E-state index contributed by atoms with van der Waals surface area (Å²) in [4.78, 5) is 26.1. The molecule has 0 aliphatic carbocycles. The Labute approximate surface area is 79.6 Å². The quantitative estimate of drug-likeness (QED) is 0.695. The van der Waals surface area contributed by atoms with Crippen LogP contribution >= 0.6 is 0 Å². The van der Waals surface area contributed by atoms with Crippen molar-refractivity contribution in [2.75, 3.05) is 0 Å². The molecule has 0 aliphatic rings. The third-order valence-electron chi connectivity index (χ3n) is 2.36. The fraction of sp³-hybridized carbons (Fsp3) is 0.333. The Kier molecular flexibility index (Phi) is 1.80. The Hall–Kier alpha value is -1.78. The Morgan fingerprint density at radius 2 is 2.14 bits per heavy atom. The van der Waals surface area contributed by atoms with Crippen molar-refractivity contribution in [2.45, 2.75) is 13.5 Å². The summed E-state index contributed by atoms with van der Waals surface area (Å²) in [7, 11) is 1.49. The zero-order valence-corrected chi connectivity index (χ0v) is 8.07. The predicted octanol–water partition coefficient (Wildman–Crippen LogP) is 0.0482. The van der Waals surface area contributed by atoms with Crippen molar-refractivity contribution in [3.8, 4) is 0 Å². The van der Waals surface area contributed by atoms with E-state index in [0.717, 1.165) is 4.57 Å². The summed E-state index contributed by atoms with van der Waals surface area (Å²) in [6.45, 7) is 2.41. The molecule has 0 aliphatic heterocycles. The first-order valence-electron chi connectivity index (χ1n) is 4.43. The van der Waals surface area contributed by atoms with Gasteiger partial charge in [0.25, 0.3) is 5.56 Å². The molecule has 0 atom stereocenters. The van der Waals surface area contributed by atoms with E-state index in [4.69, 9.17) is 0 Å². The second-order valence-electron chi connectivity index (χ2n) is 3.13. The van der Waals surface area contributed by atoms with Gasteiger partial charge in [-0.1, -0.05) is 0 Å². The molecule has 0 spiro atoms. The van der Waals surface area contributed by atoms with Gasteiger partial charge in [0.15, 0.2) is 0 Å². The van der Waals surface area contributed by atoms with E-state index in [1.54, 1.807) is 12.3 Å². The van der Waals surface area contributed by atoms with Gasteiger partial charge in [0, 0.05) is 19.8 Å². The smallest absolute Gasteiger partial charge is 0.332 e. The minimum Gasteiger partial charge on any atom is -0.347 e. The Morgan fingerprint density at radius 1 is 1.43 bits per heavy atom. The highest BCUT2D eigenvalue weighted by atomic mass is 16.2. The van der Waals surface area contributed by atoms with Crippen LogP contribution in [0.25, 0.3) is 11.0 Å². The topological polar surface area (TPSA) is 59.8 Å². The van der Waals surface area contributed by atoms with Crippen molar-refractivity contribution in [1.29, 1.82) is 0 Å². The first kappa shape index (κ1) is 8.80. The van der Waals surface area contributed by atoms with Crippen LogP contribution in [-0.2, 0) is 13.6 Å². The molecular formula is C9H11N3O2. The van der Waals surface area contributed by atoms with Crippen molar-refractivity contribution >= 4 is 11.0 Å². The second kappa shape index (κ2) is 2.87. The summed E-state index contributed by atoms with van der Waals surface area (Å²) in [5.74, 6) is 0. The number of aryl methyl sites for hydroxylation is 1. The van der Waals surface area contributed by atoms with Gasteiger partial charge in [-0.2, -0.15) is 0 Å². The standard InChI is InChI=1S/C9H11N3O2/c1-3-12-7-6(4-5-10-7)8(13)11(2)9(12)14/h4-5,10H,3H2,1-2H3. The number of aromatic nitrogens is 3. The first-order chi connectivity index (χ1) is 6.66. The summed E-state index contributed by atoms with van der Waals surface area (Å²) in [6.07, 6.45) is 1.66. The molecule has 2 aromatic heterocycles. The highest BCUT2D eigenvalue weighted by Gasteiger charge is 2.09. The van der Waals surface area contributed by atoms with Gasteiger partial charge in [-0.25, -0.2) is 4.79 Å². The Balaban J connectivity index is 3.11. The Bertz CT molecular complexity index is 588. The minimum atomic E-state index is -0.285. The molecule has 2 rings (SSSR count). The molecule has 0 unspecified atom stereocenters. The van der Waals surface area contributed by atoms with E-state index in [-0.39, 0.29) is 11.2 Å². The van der Waals surface area contributed by atoms with Crippen molar-refractivity contribution < 1.29 is 0 Å². The van der Waals surface area contributed by atoms with Gasteiger partial charge in [-0.15, -0.1) is 0 Å². The van der Waals surface area contributed by atoms with Crippen LogP contribution < -0.4 is 11.2 Å². The van der Waals surface area contributed by atoms with Crippen LogP contribution in [0.4, 0.5) is 0 Å². The molecule has 1 N–H and O–H groups in total. The van der Waals surface area contributed by atoms with Crippen LogP contribution in [0.5, 0.6) is 0 Å². The Morgan fingerprint density at radius 3 is 2.79 bits per heavy atom. The van der Waals surface area contributed by atoms with Crippen molar-refractivity contribution in [3.63, 3.8) is 0 Å². The number of nitrogens with one attached hydrogen (secondary N) is 1. The molecular weight excluding hydrogens is 182 g/mol. The maximum atomic E-state index is 11.6. The molecule has 2 aromatic rings.